The van der Waals surface area contributed by atoms with Crippen LogP contribution in [-0.2, 0) is 4.79 Å². The Morgan fingerprint density at radius 2 is 2.46 bits per heavy atom. The van der Waals surface area contributed by atoms with Crippen LogP contribution in [0.4, 0.5) is 5.82 Å². The van der Waals surface area contributed by atoms with Crippen molar-refractivity contribution in [3.63, 3.8) is 0 Å². The zero-order valence-electron chi connectivity index (χ0n) is 6.51. The highest BCUT2D eigenvalue weighted by Gasteiger charge is 2.07. The van der Waals surface area contributed by atoms with Crippen LogP contribution in [0.1, 0.15) is 0 Å². The third-order valence-corrected chi connectivity index (χ3v) is 1.39. The molecule has 0 spiro atoms. The van der Waals surface area contributed by atoms with Crippen LogP contribution in [0.3, 0.4) is 0 Å². The van der Waals surface area contributed by atoms with E-state index in [9.17, 15) is 4.79 Å². The van der Waals surface area contributed by atoms with E-state index in [1.165, 1.54) is 12.3 Å². The number of nitrogens with zero attached hydrogens (tertiary/aromatic N) is 3. The van der Waals surface area contributed by atoms with E-state index >= 15 is 0 Å². The number of halogens is 1. The fourth-order valence-electron chi connectivity index (χ4n) is 0.713. The van der Waals surface area contributed by atoms with Crippen molar-refractivity contribution in [2.75, 3.05) is 11.6 Å². The van der Waals surface area contributed by atoms with Crippen LogP contribution in [0.5, 0.6) is 0 Å². The molecule has 1 aromatic heterocycles. The van der Waals surface area contributed by atoms with E-state index in [-0.39, 0.29) is 17.6 Å². The second-order valence-corrected chi connectivity index (χ2v) is 2.54. The van der Waals surface area contributed by atoms with Crippen LogP contribution >= 0.6 is 11.6 Å². The lowest BCUT2D eigenvalue weighted by Crippen LogP contribution is -2.36. The Labute approximate surface area is 78.9 Å². The highest BCUT2D eigenvalue weighted by Crippen LogP contribution is 2.08. The van der Waals surface area contributed by atoms with E-state index in [1.54, 1.807) is 0 Å². The molecule has 0 radical (unpaired) electrons. The molecule has 0 bridgehead atoms. The summed E-state index contributed by atoms with van der Waals surface area (Å²) < 4.78 is 0. The Morgan fingerprint density at radius 1 is 1.77 bits per heavy atom. The number of carboxylic acids is 1. The van der Waals surface area contributed by atoms with Crippen LogP contribution in [-0.4, -0.2) is 27.6 Å². The molecular formula is C6H7ClN4O2. The maximum absolute atomic E-state index is 10.3. The van der Waals surface area contributed by atoms with Gasteiger partial charge in [0.15, 0.2) is 0 Å². The van der Waals surface area contributed by atoms with E-state index in [1.807, 2.05) is 0 Å². The minimum Gasteiger partial charge on any atom is -0.480 e. The fraction of sp³-hybridized carbons (Fsp3) is 0.167. The smallest absolute Gasteiger partial charge is 0.324 e. The van der Waals surface area contributed by atoms with E-state index in [4.69, 9.17) is 22.6 Å². The molecule has 3 N–H and O–H groups in total. The highest BCUT2D eigenvalue weighted by atomic mass is 35.5. The predicted molar refractivity (Wildman–Crippen MR) is 46.2 cm³/mol. The van der Waals surface area contributed by atoms with E-state index in [0.717, 1.165) is 5.01 Å². The van der Waals surface area contributed by atoms with Crippen LogP contribution in [0.25, 0.3) is 0 Å². The molecule has 0 aromatic carbocycles. The van der Waals surface area contributed by atoms with Gasteiger partial charge in [0, 0.05) is 12.3 Å². The van der Waals surface area contributed by atoms with Crippen LogP contribution in [0.2, 0.25) is 5.28 Å². The van der Waals surface area contributed by atoms with Gasteiger partial charge in [0.1, 0.15) is 12.4 Å². The predicted octanol–water partition coefficient (Wildman–Crippen LogP) is -0.105. The van der Waals surface area contributed by atoms with Gasteiger partial charge in [0.05, 0.1) is 0 Å². The first-order chi connectivity index (χ1) is 6.09. The second-order valence-electron chi connectivity index (χ2n) is 2.21. The van der Waals surface area contributed by atoms with Crippen molar-refractivity contribution in [2.24, 2.45) is 5.84 Å². The Bertz CT molecular complexity index is 319. The van der Waals surface area contributed by atoms with Gasteiger partial charge in [-0.05, 0) is 11.6 Å². The van der Waals surface area contributed by atoms with Crippen LogP contribution in [0.15, 0.2) is 12.3 Å². The normalized spacial score (nSPS) is 9.69. The standard InChI is InChI=1S/C6H7ClN4O2/c7-6-9-2-1-4(10-6)11(8)3-5(12)13/h1-2H,3,8H2,(H,12,13). The fourth-order valence-corrected chi connectivity index (χ4v) is 0.856. The molecule has 0 saturated heterocycles. The van der Waals surface area contributed by atoms with Gasteiger partial charge in [-0.25, -0.2) is 10.8 Å². The molecule has 13 heavy (non-hydrogen) atoms. The monoisotopic (exact) mass is 202 g/mol. The minimum absolute atomic E-state index is 0.0262. The summed E-state index contributed by atoms with van der Waals surface area (Å²) in [5.74, 6) is 4.59. The third-order valence-electron chi connectivity index (χ3n) is 1.21. The van der Waals surface area contributed by atoms with Crippen molar-refractivity contribution in [3.05, 3.63) is 17.5 Å². The Kier molecular flexibility index (Phi) is 2.99. The quantitative estimate of drug-likeness (QED) is 0.404. The van der Waals surface area contributed by atoms with E-state index < -0.39 is 5.97 Å². The lowest BCUT2D eigenvalue weighted by atomic mass is 10.5. The van der Waals surface area contributed by atoms with Crippen molar-refractivity contribution in [1.29, 1.82) is 0 Å². The Morgan fingerprint density at radius 3 is 3.00 bits per heavy atom. The third kappa shape index (κ3) is 2.85. The SMILES string of the molecule is NN(CC(=O)O)c1ccnc(Cl)n1. The molecule has 0 saturated carbocycles. The first kappa shape index (κ1) is 9.69. The van der Waals surface area contributed by atoms with Crippen molar-refractivity contribution >= 4 is 23.4 Å². The summed E-state index contributed by atoms with van der Waals surface area (Å²) in [6.07, 6.45) is 1.40. The lowest BCUT2D eigenvalue weighted by Gasteiger charge is -2.13. The van der Waals surface area contributed by atoms with E-state index in [2.05, 4.69) is 9.97 Å². The number of carbonyl (C=O) groups is 1. The molecule has 1 rings (SSSR count). The molecule has 0 fully saturated rings. The molecule has 6 nitrogen and oxygen atoms in total. The van der Waals surface area contributed by atoms with Gasteiger partial charge in [0.2, 0.25) is 5.28 Å². The Hall–Kier alpha value is -1.40. The van der Waals surface area contributed by atoms with E-state index in [0.29, 0.717) is 0 Å². The number of aromatic nitrogens is 2. The summed E-state index contributed by atoms with van der Waals surface area (Å²) in [6.45, 7) is -0.340. The molecule has 0 amide bonds. The summed E-state index contributed by atoms with van der Waals surface area (Å²) in [7, 11) is 0. The van der Waals surface area contributed by atoms with Gasteiger partial charge in [-0.1, -0.05) is 0 Å². The molecular weight excluding hydrogens is 196 g/mol. The van der Waals surface area contributed by atoms with Crippen LogP contribution < -0.4 is 10.9 Å². The average Bonchev–Trinajstić information content (AvgIpc) is 2.03. The number of nitrogens with two attached hydrogens (primary N) is 1. The number of hydrogen-bond acceptors (Lipinski definition) is 5. The molecule has 0 aliphatic carbocycles. The van der Waals surface area contributed by atoms with Crippen molar-refractivity contribution in [1.82, 2.24) is 9.97 Å². The molecule has 70 valence electrons. The molecule has 0 aliphatic rings. The number of carboxylic acid groups (broad SMARTS) is 1. The number of hydrazine groups is 1. The number of rotatable bonds is 3. The zero-order valence-corrected chi connectivity index (χ0v) is 7.27. The van der Waals surface area contributed by atoms with Gasteiger partial charge in [-0.15, -0.1) is 0 Å². The maximum Gasteiger partial charge on any atom is 0.324 e. The molecule has 1 heterocycles. The van der Waals surface area contributed by atoms with Gasteiger partial charge < -0.3 is 5.11 Å². The van der Waals surface area contributed by atoms with Crippen LogP contribution in [0, 0.1) is 0 Å². The summed E-state index contributed by atoms with van der Waals surface area (Å²) >= 11 is 5.47. The first-order valence-corrected chi connectivity index (χ1v) is 3.70. The summed E-state index contributed by atoms with van der Waals surface area (Å²) in [5.41, 5.74) is 0. The molecule has 0 atom stereocenters. The largest absolute Gasteiger partial charge is 0.480 e. The minimum atomic E-state index is -1.04. The number of aliphatic carboxylic acids is 1. The number of anilines is 1. The second kappa shape index (κ2) is 4.01. The topological polar surface area (TPSA) is 92.3 Å². The molecule has 0 unspecified atom stereocenters. The average molecular weight is 203 g/mol. The lowest BCUT2D eigenvalue weighted by molar-refractivity contribution is -0.135. The summed E-state index contributed by atoms with van der Waals surface area (Å²) in [5, 5.41) is 9.41. The first-order valence-electron chi connectivity index (χ1n) is 3.32. The molecule has 7 heteroatoms. The van der Waals surface area contributed by atoms with Crippen molar-refractivity contribution < 1.29 is 9.90 Å². The molecule has 0 aliphatic heterocycles. The highest BCUT2D eigenvalue weighted by molar-refractivity contribution is 6.28. The van der Waals surface area contributed by atoms with Gasteiger partial charge in [0.25, 0.3) is 0 Å². The van der Waals surface area contributed by atoms with Gasteiger partial charge >= 0.3 is 5.97 Å². The number of hydrogen-bond donors (Lipinski definition) is 2. The Balaban J connectivity index is 2.76. The van der Waals surface area contributed by atoms with Gasteiger partial charge in [-0.2, -0.15) is 4.98 Å². The maximum atomic E-state index is 10.3. The summed E-state index contributed by atoms with van der Waals surface area (Å²) in [4.78, 5) is 17.6. The molecule has 1 aromatic rings. The zero-order chi connectivity index (χ0) is 9.84. The summed E-state index contributed by atoms with van der Waals surface area (Å²) in [6, 6.07) is 1.47. The van der Waals surface area contributed by atoms with Crippen molar-refractivity contribution in [3.8, 4) is 0 Å². The van der Waals surface area contributed by atoms with Crippen molar-refractivity contribution in [2.45, 2.75) is 0 Å². The van der Waals surface area contributed by atoms with Gasteiger partial charge in [-0.3, -0.25) is 9.80 Å².